The summed E-state index contributed by atoms with van der Waals surface area (Å²) in [4.78, 5) is 4.09. The SMILES string of the molecule is C=CCCCc1nccc(F)c1Br.CC.COc1ccc(N)cc1. The van der Waals surface area contributed by atoms with Gasteiger partial charge in [-0.15, -0.1) is 6.58 Å². The molecule has 0 unspecified atom stereocenters. The van der Waals surface area contributed by atoms with E-state index in [4.69, 9.17) is 10.5 Å². The van der Waals surface area contributed by atoms with Crippen LogP contribution in [0.3, 0.4) is 0 Å². The fraction of sp³-hybridized carbons (Fsp3) is 0.316. The second kappa shape index (κ2) is 13.5. The van der Waals surface area contributed by atoms with Crippen molar-refractivity contribution in [2.45, 2.75) is 33.1 Å². The number of nitrogen functional groups attached to an aromatic ring is 1. The maximum atomic E-state index is 13.0. The average molecular weight is 397 g/mol. The Balaban J connectivity index is 0.000000420. The van der Waals surface area contributed by atoms with Crippen LogP contribution in [0.15, 0.2) is 53.7 Å². The molecule has 0 saturated carbocycles. The summed E-state index contributed by atoms with van der Waals surface area (Å²) in [5.41, 5.74) is 6.97. The zero-order valence-corrected chi connectivity index (χ0v) is 16.1. The highest BCUT2D eigenvalue weighted by Crippen LogP contribution is 2.19. The lowest BCUT2D eigenvalue weighted by atomic mass is 10.2. The number of anilines is 1. The summed E-state index contributed by atoms with van der Waals surface area (Å²) in [6.07, 6.45) is 6.02. The summed E-state index contributed by atoms with van der Waals surface area (Å²) < 4.78 is 18.4. The predicted octanol–water partition coefficient (Wildman–Crippen LogP) is 5.80. The largest absolute Gasteiger partial charge is 0.497 e. The molecule has 0 aliphatic rings. The summed E-state index contributed by atoms with van der Waals surface area (Å²) in [6.45, 7) is 7.63. The van der Waals surface area contributed by atoms with Crippen molar-refractivity contribution in [1.82, 2.24) is 4.98 Å². The Bertz CT molecular complexity index is 588. The van der Waals surface area contributed by atoms with Gasteiger partial charge in [0.1, 0.15) is 11.6 Å². The van der Waals surface area contributed by atoms with Gasteiger partial charge in [0.2, 0.25) is 0 Å². The first kappa shape index (κ1) is 22.1. The quantitative estimate of drug-likeness (QED) is 0.394. The Labute approximate surface area is 152 Å². The van der Waals surface area contributed by atoms with Gasteiger partial charge in [-0.05, 0) is 65.5 Å². The van der Waals surface area contributed by atoms with Gasteiger partial charge < -0.3 is 10.5 Å². The highest BCUT2D eigenvalue weighted by Gasteiger charge is 2.05. The lowest BCUT2D eigenvalue weighted by Gasteiger charge is -2.02. The molecule has 0 atom stereocenters. The molecule has 5 heteroatoms. The first-order chi connectivity index (χ1) is 11.6. The van der Waals surface area contributed by atoms with Crippen LogP contribution in [0.1, 0.15) is 32.4 Å². The second-order valence-electron chi connectivity index (χ2n) is 4.51. The minimum Gasteiger partial charge on any atom is -0.497 e. The van der Waals surface area contributed by atoms with Gasteiger partial charge in [-0.2, -0.15) is 0 Å². The maximum absolute atomic E-state index is 13.0. The first-order valence-corrected chi connectivity index (χ1v) is 8.67. The number of hydrogen-bond acceptors (Lipinski definition) is 3. The molecule has 0 spiro atoms. The van der Waals surface area contributed by atoms with Crippen LogP contribution in [0.2, 0.25) is 0 Å². The van der Waals surface area contributed by atoms with E-state index in [0.29, 0.717) is 4.47 Å². The van der Waals surface area contributed by atoms with Crippen LogP contribution in [0.25, 0.3) is 0 Å². The second-order valence-corrected chi connectivity index (χ2v) is 5.30. The number of benzene rings is 1. The van der Waals surface area contributed by atoms with Crippen molar-refractivity contribution >= 4 is 21.6 Å². The van der Waals surface area contributed by atoms with Gasteiger partial charge in [-0.1, -0.05) is 19.9 Å². The van der Waals surface area contributed by atoms with Crippen LogP contribution >= 0.6 is 15.9 Å². The molecule has 0 aliphatic carbocycles. The number of hydrogen-bond donors (Lipinski definition) is 1. The predicted molar refractivity (Wildman–Crippen MR) is 104 cm³/mol. The molecule has 0 fully saturated rings. The zero-order valence-electron chi connectivity index (χ0n) is 14.6. The number of allylic oxidation sites excluding steroid dienone is 1. The van der Waals surface area contributed by atoms with E-state index < -0.39 is 0 Å². The number of rotatable bonds is 5. The van der Waals surface area contributed by atoms with Gasteiger partial charge in [0.05, 0.1) is 17.3 Å². The molecule has 132 valence electrons. The minimum absolute atomic E-state index is 0.247. The first-order valence-electron chi connectivity index (χ1n) is 7.87. The molecule has 0 amide bonds. The summed E-state index contributed by atoms with van der Waals surface area (Å²) in [5.74, 6) is 0.591. The van der Waals surface area contributed by atoms with Crippen molar-refractivity contribution in [3.05, 3.63) is 65.2 Å². The molecule has 1 heterocycles. The van der Waals surface area contributed by atoms with Gasteiger partial charge in [0, 0.05) is 11.9 Å². The number of aromatic nitrogens is 1. The number of methoxy groups -OCH3 is 1. The van der Waals surface area contributed by atoms with Crippen LogP contribution < -0.4 is 10.5 Å². The fourth-order valence-corrected chi connectivity index (χ4v) is 2.09. The molecule has 1 aromatic heterocycles. The molecule has 3 nitrogen and oxygen atoms in total. The Hall–Kier alpha value is -1.88. The Kier molecular flexibility index (Phi) is 12.5. The van der Waals surface area contributed by atoms with E-state index in [9.17, 15) is 4.39 Å². The van der Waals surface area contributed by atoms with Crippen molar-refractivity contribution in [3.63, 3.8) is 0 Å². The summed E-state index contributed by atoms with van der Waals surface area (Å²) in [6, 6.07) is 8.61. The molecular weight excluding hydrogens is 371 g/mol. The third kappa shape index (κ3) is 8.67. The molecule has 1 aromatic carbocycles. The average Bonchev–Trinajstić information content (AvgIpc) is 2.62. The van der Waals surface area contributed by atoms with E-state index >= 15 is 0 Å². The minimum atomic E-state index is -0.247. The van der Waals surface area contributed by atoms with Crippen molar-refractivity contribution in [2.24, 2.45) is 0 Å². The molecule has 0 saturated heterocycles. The number of nitrogens with zero attached hydrogens (tertiary/aromatic N) is 1. The molecule has 2 N–H and O–H groups in total. The van der Waals surface area contributed by atoms with Gasteiger partial charge in [-0.25, -0.2) is 4.39 Å². The normalized spacial score (nSPS) is 9.04. The van der Waals surface area contributed by atoms with Gasteiger partial charge in [-0.3, -0.25) is 4.98 Å². The molecule has 0 bridgehead atoms. The maximum Gasteiger partial charge on any atom is 0.140 e. The van der Waals surface area contributed by atoms with E-state index in [1.807, 2.05) is 32.1 Å². The van der Waals surface area contributed by atoms with Crippen molar-refractivity contribution in [3.8, 4) is 5.75 Å². The van der Waals surface area contributed by atoms with Crippen molar-refractivity contribution in [2.75, 3.05) is 12.8 Å². The molecular formula is C19H26BrFN2O. The zero-order chi connectivity index (χ0) is 18.4. The fourth-order valence-electron chi connectivity index (χ4n) is 1.65. The van der Waals surface area contributed by atoms with E-state index in [1.54, 1.807) is 19.2 Å². The smallest absolute Gasteiger partial charge is 0.140 e. The van der Waals surface area contributed by atoms with Gasteiger partial charge in [0.15, 0.2) is 0 Å². The molecule has 2 rings (SSSR count). The molecule has 24 heavy (non-hydrogen) atoms. The number of halogens is 2. The number of aryl methyl sites for hydroxylation is 1. The van der Waals surface area contributed by atoms with E-state index in [1.165, 1.54) is 12.3 Å². The Morgan fingerprint density at radius 2 is 1.88 bits per heavy atom. The van der Waals surface area contributed by atoms with Crippen molar-refractivity contribution < 1.29 is 9.13 Å². The standard InChI is InChI=1S/C10H11BrFN.C7H9NO.C2H6/c1-2-3-4-5-9-10(11)8(12)6-7-13-9;1-9-7-4-2-6(8)3-5-7;1-2/h2,6-7H,1,3-5H2;2-5H,8H2,1H3;1-2H3. The van der Waals surface area contributed by atoms with E-state index in [2.05, 4.69) is 27.5 Å². The lowest BCUT2D eigenvalue weighted by Crippen LogP contribution is -1.93. The Morgan fingerprint density at radius 3 is 2.42 bits per heavy atom. The number of pyridine rings is 1. The van der Waals surface area contributed by atoms with Crippen LogP contribution in [-0.4, -0.2) is 12.1 Å². The van der Waals surface area contributed by atoms with Gasteiger partial charge in [0.25, 0.3) is 0 Å². The highest BCUT2D eigenvalue weighted by molar-refractivity contribution is 9.10. The highest BCUT2D eigenvalue weighted by atomic mass is 79.9. The summed E-state index contributed by atoms with van der Waals surface area (Å²) in [7, 11) is 1.63. The number of unbranched alkanes of at least 4 members (excludes halogenated alkanes) is 1. The molecule has 2 aromatic rings. The van der Waals surface area contributed by atoms with Crippen LogP contribution in [0.5, 0.6) is 5.75 Å². The Morgan fingerprint density at radius 1 is 1.25 bits per heavy atom. The van der Waals surface area contributed by atoms with Gasteiger partial charge >= 0.3 is 0 Å². The molecule has 0 radical (unpaired) electrons. The van der Waals surface area contributed by atoms with E-state index in [0.717, 1.165) is 36.4 Å². The topological polar surface area (TPSA) is 48.1 Å². The third-order valence-corrected chi connectivity index (χ3v) is 3.69. The monoisotopic (exact) mass is 396 g/mol. The third-order valence-electron chi connectivity index (χ3n) is 2.85. The van der Waals surface area contributed by atoms with E-state index in [-0.39, 0.29) is 5.82 Å². The van der Waals surface area contributed by atoms with Crippen molar-refractivity contribution in [1.29, 1.82) is 0 Å². The summed E-state index contributed by atoms with van der Waals surface area (Å²) >= 11 is 3.17. The van der Waals surface area contributed by atoms with Crippen LogP contribution in [-0.2, 0) is 6.42 Å². The number of ether oxygens (including phenoxy) is 1. The number of nitrogens with two attached hydrogens (primary N) is 1. The lowest BCUT2D eigenvalue weighted by molar-refractivity contribution is 0.415. The van der Waals surface area contributed by atoms with Crippen LogP contribution in [0, 0.1) is 5.82 Å². The van der Waals surface area contributed by atoms with Crippen LogP contribution in [0.4, 0.5) is 10.1 Å². The summed E-state index contributed by atoms with van der Waals surface area (Å²) in [5, 5.41) is 0. The molecule has 0 aliphatic heterocycles.